The molecule has 6 nitrogen and oxygen atoms in total. The minimum Gasteiger partial charge on any atom is -0.393 e. The first-order valence-electron chi connectivity index (χ1n) is 6.39. The van der Waals surface area contributed by atoms with Crippen LogP contribution in [-0.2, 0) is 0 Å². The maximum Gasteiger partial charge on any atom is 0.265 e. The van der Waals surface area contributed by atoms with Crippen molar-refractivity contribution in [2.45, 2.75) is 32.8 Å². The predicted molar refractivity (Wildman–Crippen MR) is 78.7 cm³/mol. The normalized spacial score (nSPS) is 12.2. The van der Waals surface area contributed by atoms with E-state index in [0.29, 0.717) is 17.8 Å². The summed E-state index contributed by atoms with van der Waals surface area (Å²) in [5.41, 5.74) is 5.77. The first-order valence-corrected chi connectivity index (χ1v) is 7.21. The van der Waals surface area contributed by atoms with Crippen LogP contribution in [0, 0.1) is 0 Å². The molecule has 1 heterocycles. The molecule has 1 aromatic rings. The van der Waals surface area contributed by atoms with Crippen LogP contribution in [0.2, 0.25) is 0 Å². The number of aliphatic hydroxyl groups excluding tert-OH is 1. The monoisotopic (exact) mass is 286 g/mol. The van der Waals surface area contributed by atoms with Crippen LogP contribution >= 0.6 is 11.3 Å². The van der Waals surface area contributed by atoms with E-state index in [1.165, 1.54) is 11.3 Å². The number of hydrogen-bond acceptors (Lipinski definition) is 6. The average Bonchev–Trinajstić information content (AvgIpc) is 2.71. The average molecular weight is 286 g/mol. The van der Waals surface area contributed by atoms with Crippen molar-refractivity contribution in [1.82, 2.24) is 10.3 Å². The molecule has 0 aromatic carbocycles. The van der Waals surface area contributed by atoms with Gasteiger partial charge >= 0.3 is 0 Å². The second kappa shape index (κ2) is 7.30. The maximum absolute atomic E-state index is 11.9. The number of carbonyl (C=O) groups excluding carboxylic acids is 1. The predicted octanol–water partition coefficient (Wildman–Crippen LogP) is 1.07. The van der Waals surface area contributed by atoms with Crippen LogP contribution in [0.15, 0.2) is 0 Å². The molecule has 19 heavy (non-hydrogen) atoms. The van der Waals surface area contributed by atoms with Crippen LogP contribution in [0.3, 0.4) is 0 Å². The summed E-state index contributed by atoms with van der Waals surface area (Å²) < 4.78 is 0. The van der Waals surface area contributed by atoms with Crippen molar-refractivity contribution in [3.8, 4) is 0 Å². The molecule has 0 saturated heterocycles. The number of nitrogen functional groups attached to an aromatic ring is 1. The van der Waals surface area contributed by atoms with Gasteiger partial charge in [-0.15, -0.1) is 0 Å². The van der Waals surface area contributed by atoms with Crippen LogP contribution in [-0.4, -0.2) is 42.2 Å². The molecule has 1 unspecified atom stereocenters. The van der Waals surface area contributed by atoms with E-state index in [-0.39, 0.29) is 11.7 Å². The van der Waals surface area contributed by atoms with E-state index in [9.17, 15) is 4.79 Å². The van der Waals surface area contributed by atoms with Crippen LogP contribution in [0.25, 0.3) is 0 Å². The molecule has 0 radical (unpaired) electrons. The van der Waals surface area contributed by atoms with Gasteiger partial charge in [0.25, 0.3) is 5.91 Å². The van der Waals surface area contributed by atoms with Gasteiger partial charge in [0.15, 0.2) is 5.13 Å². The zero-order valence-electron chi connectivity index (χ0n) is 11.6. The maximum atomic E-state index is 11.9. The van der Waals surface area contributed by atoms with Crippen molar-refractivity contribution in [3.05, 3.63) is 4.88 Å². The van der Waals surface area contributed by atoms with E-state index in [1.54, 1.807) is 6.92 Å². The summed E-state index contributed by atoms with van der Waals surface area (Å²) in [6.45, 7) is 5.06. The molecule has 7 heteroatoms. The van der Waals surface area contributed by atoms with Gasteiger partial charge in [-0.2, -0.15) is 0 Å². The zero-order chi connectivity index (χ0) is 14.4. The minimum absolute atomic E-state index is 0.230. The number of aromatic nitrogens is 1. The second-order valence-corrected chi connectivity index (χ2v) is 5.50. The Bertz CT molecular complexity index is 420. The van der Waals surface area contributed by atoms with Gasteiger partial charge in [-0.3, -0.25) is 4.79 Å². The Labute approximate surface area is 117 Å². The molecule has 0 aliphatic heterocycles. The lowest BCUT2D eigenvalue weighted by Gasteiger charge is -2.13. The van der Waals surface area contributed by atoms with Gasteiger partial charge < -0.3 is 21.1 Å². The zero-order valence-corrected chi connectivity index (χ0v) is 12.5. The Morgan fingerprint density at radius 3 is 2.89 bits per heavy atom. The Balaban J connectivity index is 2.65. The summed E-state index contributed by atoms with van der Waals surface area (Å²) in [4.78, 5) is 18.5. The highest BCUT2D eigenvalue weighted by atomic mass is 32.1. The Morgan fingerprint density at radius 1 is 1.63 bits per heavy atom. The third-order valence-electron chi connectivity index (χ3n) is 2.58. The van der Waals surface area contributed by atoms with Gasteiger partial charge in [0, 0.05) is 20.1 Å². The Hall–Kier alpha value is -1.34. The summed E-state index contributed by atoms with van der Waals surface area (Å²) in [6, 6.07) is 0. The van der Waals surface area contributed by atoms with E-state index < -0.39 is 6.10 Å². The third-order valence-corrected chi connectivity index (χ3v) is 3.77. The fourth-order valence-corrected chi connectivity index (χ4v) is 2.44. The highest BCUT2D eigenvalue weighted by Crippen LogP contribution is 2.27. The Kier molecular flexibility index (Phi) is 6.04. The van der Waals surface area contributed by atoms with Gasteiger partial charge in [-0.25, -0.2) is 4.98 Å². The minimum atomic E-state index is -0.426. The van der Waals surface area contributed by atoms with Crippen molar-refractivity contribution >= 4 is 28.2 Å². The number of anilines is 2. The smallest absolute Gasteiger partial charge is 0.265 e. The largest absolute Gasteiger partial charge is 0.393 e. The van der Waals surface area contributed by atoms with Crippen LogP contribution in [0.1, 0.15) is 36.4 Å². The standard InChI is InChI=1S/C12H22N4O2S/c1-4-7-16(3)12-15-10(13)9(19-12)11(18)14-6-5-8(2)17/h8,17H,4-7,13H2,1-3H3,(H,14,18). The number of nitrogens with one attached hydrogen (secondary N) is 1. The van der Waals surface area contributed by atoms with Gasteiger partial charge in [-0.05, 0) is 19.8 Å². The molecule has 0 aliphatic rings. The molecule has 108 valence electrons. The SMILES string of the molecule is CCCN(C)c1nc(N)c(C(=O)NCCC(C)O)s1. The van der Waals surface area contributed by atoms with E-state index in [1.807, 2.05) is 11.9 Å². The molecule has 0 aliphatic carbocycles. The highest BCUT2D eigenvalue weighted by Gasteiger charge is 2.17. The van der Waals surface area contributed by atoms with E-state index >= 15 is 0 Å². The molecule has 1 amide bonds. The van der Waals surface area contributed by atoms with Crippen molar-refractivity contribution in [1.29, 1.82) is 0 Å². The molecule has 1 aromatic heterocycles. The fraction of sp³-hybridized carbons (Fsp3) is 0.667. The van der Waals surface area contributed by atoms with Crippen molar-refractivity contribution in [2.75, 3.05) is 30.8 Å². The number of hydrogen-bond donors (Lipinski definition) is 3. The molecule has 0 bridgehead atoms. The number of thiazole rings is 1. The summed E-state index contributed by atoms with van der Waals surface area (Å²) in [7, 11) is 1.93. The number of carbonyl (C=O) groups is 1. The third kappa shape index (κ3) is 4.68. The van der Waals surface area contributed by atoms with E-state index in [0.717, 1.165) is 18.1 Å². The number of amides is 1. The first-order chi connectivity index (χ1) is 8.95. The quantitative estimate of drug-likeness (QED) is 0.697. The highest BCUT2D eigenvalue weighted by molar-refractivity contribution is 7.18. The van der Waals surface area contributed by atoms with Crippen molar-refractivity contribution in [2.24, 2.45) is 0 Å². The molecule has 1 rings (SSSR count). The van der Waals surface area contributed by atoms with Crippen LogP contribution in [0.5, 0.6) is 0 Å². The number of rotatable bonds is 7. The summed E-state index contributed by atoms with van der Waals surface area (Å²) in [6.07, 6.45) is 1.10. The fourth-order valence-electron chi connectivity index (χ4n) is 1.55. The lowest BCUT2D eigenvalue weighted by Crippen LogP contribution is -2.26. The Morgan fingerprint density at radius 2 is 2.32 bits per heavy atom. The molecular weight excluding hydrogens is 264 g/mol. The second-order valence-electron chi connectivity index (χ2n) is 4.53. The molecule has 0 saturated carbocycles. The van der Waals surface area contributed by atoms with Crippen LogP contribution in [0.4, 0.5) is 10.9 Å². The van der Waals surface area contributed by atoms with Gasteiger partial charge in [0.1, 0.15) is 10.7 Å². The summed E-state index contributed by atoms with van der Waals surface area (Å²) in [5, 5.41) is 12.6. The molecule has 1 atom stereocenters. The summed E-state index contributed by atoms with van der Waals surface area (Å²) in [5.74, 6) is 0.0318. The summed E-state index contributed by atoms with van der Waals surface area (Å²) >= 11 is 1.29. The van der Waals surface area contributed by atoms with E-state index in [2.05, 4.69) is 17.2 Å². The van der Waals surface area contributed by atoms with Gasteiger partial charge in [0.2, 0.25) is 0 Å². The lowest BCUT2D eigenvalue weighted by atomic mass is 10.3. The number of nitrogens with zero attached hydrogens (tertiary/aromatic N) is 2. The molecular formula is C12H22N4O2S. The number of nitrogens with two attached hydrogens (primary N) is 1. The van der Waals surface area contributed by atoms with Crippen LogP contribution < -0.4 is 16.0 Å². The topological polar surface area (TPSA) is 91.5 Å². The first kappa shape index (κ1) is 15.7. The number of aliphatic hydroxyl groups is 1. The van der Waals surface area contributed by atoms with E-state index in [4.69, 9.17) is 10.8 Å². The van der Waals surface area contributed by atoms with Crippen molar-refractivity contribution < 1.29 is 9.90 Å². The molecule has 4 N–H and O–H groups in total. The molecule has 0 spiro atoms. The lowest BCUT2D eigenvalue weighted by molar-refractivity contribution is 0.0950. The van der Waals surface area contributed by atoms with Crippen molar-refractivity contribution in [3.63, 3.8) is 0 Å². The van der Waals surface area contributed by atoms with Gasteiger partial charge in [0.05, 0.1) is 6.10 Å². The molecule has 0 fully saturated rings. The van der Waals surface area contributed by atoms with Gasteiger partial charge in [-0.1, -0.05) is 18.3 Å².